The quantitative estimate of drug-likeness (QED) is 0.626. The van der Waals surface area contributed by atoms with E-state index in [0.717, 1.165) is 50.5 Å². The molecule has 1 atom stereocenters. The summed E-state index contributed by atoms with van der Waals surface area (Å²) in [6, 6.07) is 7.85. The molecule has 2 fully saturated rings. The predicted molar refractivity (Wildman–Crippen MR) is 103 cm³/mol. The van der Waals surface area contributed by atoms with Gasteiger partial charge in [0.15, 0.2) is 0 Å². The summed E-state index contributed by atoms with van der Waals surface area (Å²) in [5.74, 6) is 1.67. The number of piperazine rings is 1. The van der Waals surface area contributed by atoms with Gasteiger partial charge in [-0.25, -0.2) is 0 Å². The maximum atomic E-state index is 11.9. The smallest absolute Gasteiger partial charge is 0.234 e. The second-order valence-electron chi connectivity index (χ2n) is 7.29. The van der Waals surface area contributed by atoms with Gasteiger partial charge in [0.1, 0.15) is 24.2 Å². The highest BCUT2D eigenvalue weighted by atomic mass is 16.5. The number of hydrogen-bond donors (Lipinski definition) is 2. The zero-order valence-electron chi connectivity index (χ0n) is 16.1. The summed E-state index contributed by atoms with van der Waals surface area (Å²) in [5.41, 5.74) is 0. The van der Waals surface area contributed by atoms with E-state index in [2.05, 4.69) is 15.1 Å². The van der Waals surface area contributed by atoms with Gasteiger partial charge in [0.05, 0.1) is 13.2 Å². The third-order valence-electron chi connectivity index (χ3n) is 4.82. The minimum Gasteiger partial charge on any atom is -0.494 e. The number of β-amino-alcohol motifs (C(OH)–C–C–N with tert-alkyl or cyclic N) is 1. The molecule has 1 saturated carbocycles. The summed E-state index contributed by atoms with van der Waals surface area (Å²) < 4.78 is 11.1. The number of ether oxygens (including phenoxy) is 2. The Labute approximate surface area is 161 Å². The molecule has 0 aromatic heterocycles. The van der Waals surface area contributed by atoms with Crippen molar-refractivity contribution in [3.05, 3.63) is 24.3 Å². The molecule has 2 aliphatic rings. The predicted octanol–water partition coefficient (Wildman–Crippen LogP) is 0.721. The molecule has 0 bridgehead atoms. The molecule has 1 aromatic rings. The molecule has 150 valence electrons. The van der Waals surface area contributed by atoms with Crippen LogP contribution in [-0.2, 0) is 4.79 Å². The van der Waals surface area contributed by atoms with Gasteiger partial charge in [0.2, 0.25) is 5.91 Å². The minimum absolute atomic E-state index is 0.134. The number of aliphatic hydroxyl groups excluding tert-OH is 1. The number of benzene rings is 1. The Kier molecular flexibility index (Phi) is 7.32. The van der Waals surface area contributed by atoms with Crippen molar-refractivity contribution in [1.82, 2.24) is 15.1 Å². The maximum Gasteiger partial charge on any atom is 0.234 e. The van der Waals surface area contributed by atoms with Crippen LogP contribution in [-0.4, -0.2) is 85.4 Å². The van der Waals surface area contributed by atoms with Crippen molar-refractivity contribution in [2.45, 2.75) is 31.9 Å². The van der Waals surface area contributed by atoms with Crippen molar-refractivity contribution >= 4 is 5.91 Å². The Balaban J connectivity index is 1.30. The lowest BCUT2D eigenvalue weighted by Crippen LogP contribution is -2.51. The molecule has 1 amide bonds. The number of amides is 1. The van der Waals surface area contributed by atoms with Gasteiger partial charge < -0.3 is 19.9 Å². The molecular formula is C20H31N3O4. The van der Waals surface area contributed by atoms with E-state index < -0.39 is 6.10 Å². The van der Waals surface area contributed by atoms with Crippen LogP contribution >= 0.6 is 0 Å². The first-order valence-electron chi connectivity index (χ1n) is 9.90. The third kappa shape index (κ3) is 7.01. The first-order valence-corrected chi connectivity index (χ1v) is 9.90. The number of rotatable bonds is 10. The number of carbonyl (C=O) groups is 1. The van der Waals surface area contributed by atoms with Gasteiger partial charge in [0, 0.05) is 38.8 Å². The Bertz CT molecular complexity index is 583. The van der Waals surface area contributed by atoms with Crippen LogP contribution < -0.4 is 14.8 Å². The van der Waals surface area contributed by atoms with Gasteiger partial charge in [0.25, 0.3) is 0 Å². The van der Waals surface area contributed by atoms with E-state index in [1.165, 1.54) is 0 Å². The number of aliphatic hydroxyl groups is 1. The maximum absolute atomic E-state index is 11.9. The van der Waals surface area contributed by atoms with Crippen molar-refractivity contribution in [1.29, 1.82) is 0 Å². The first kappa shape index (κ1) is 19.9. The van der Waals surface area contributed by atoms with E-state index in [9.17, 15) is 9.90 Å². The average Bonchev–Trinajstić information content (AvgIpc) is 3.47. The molecule has 27 heavy (non-hydrogen) atoms. The molecule has 1 heterocycles. The van der Waals surface area contributed by atoms with Crippen LogP contribution in [0.5, 0.6) is 11.5 Å². The lowest BCUT2D eigenvalue weighted by atomic mass is 10.2. The van der Waals surface area contributed by atoms with Gasteiger partial charge in [-0.2, -0.15) is 0 Å². The monoisotopic (exact) mass is 377 g/mol. The van der Waals surface area contributed by atoms with Crippen LogP contribution in [0.2, 0.25) is 0 Å². The van der Waals surface area contributed by atoms with Crippen LogP contribution in [0.4, 0.5) is 0 Å². The first-order chi connectivity index (χ1) is 13.1. The number of nitrogens with one attached hydrogen (secondary N) is 1. The van der Waals surface area contributed by atoms with Crippen LogP contribution in [0.25, 0.3) is 0 Å². The van der Waals surface area contributed by atoms with Gasteiger partial charge >= 0.3 is 0 Å². The molecule has 7 heteroatoms. The van der Waals surface area contributed by atoms with Crippen LogP contribution in [0.3, 0.4) is 0 Å². The zero-order chi connectivity index (χ0) is 19.1. The highest BCUT2D eigenvalue weighted by Crippen LogP contribution is 2.19. The lowest BCUT2D eigenvalue weighted by molar-refractivity contribution is -0.122. The molecule has 2 N–H and O–H groups in total. The number of carbonyl (C=O) groups excluding carboxylic acids is 1. The van der Waals surface area contributed by atoms with E-state index in [1.807, 2.05) is 31.2 Å². The fourth-order valence-electron chi connectivity index (χ4n) is 3.18. The summed E-state index contributed by atoms with van der Waals surface area (Å²) in [4.78, 5) is 16.3. The molecule has 0 spiro atoms. The van der Waals surface area contributed by atoms with Gasteiger partial charge in [-0.3, -0.25) is 14.6 Å². The van der Waals surface area contributed by atoms with Gasteiger partial charge in [-0.05, 0) is 44.0 Å². The van der Waals surface area contributed by atoms with Crippen LogP contribution in [0.15, 0.2) is 24.3 Å². The fourth-order valence-corrected chi connectivity index (χ4v) is 3.18. The van der Waals surface area contributed by atoms with Crippen molar-refractivity contribution < 1.29 is 19.4 Å². The second kappa shape index (κ2) is 9.92. The molecule has 0 radical (unpaired) electrons. The highest BCUT2D eigenvalue weighted by molar-refractivity contribution is 5.78. The van der Waals surface area contributed by atoms with Gasteiger partial charge in [-0.15, -0.1) is 0 Å². The summed E-state index contributed by atoms with van der Waals surface area (Å²) in [5, 5.41) is 13.3. The Morgan fingerprint density at radius 1 is 1.11 bits per heavy atom. The summed E-state index contributed by atoms with van der Waals surface area (Å²) in [6.45, 7) is 7.33. The molecule has 1 aliphatic carbocycles. The minimum atomic E-state index is -0.540. The van der Waals surface area contributed by atoms with E-state index in [1.54, 1.807) is 0 Å². The van der Waals surface area contributed by atoms with Crippen LogP contribution in [0, 0.1) is 0 Å². The second-order valence-corrected chi connectivity index (χ2v) is 7.29. The summed E-state index contributed by atoms with van der Waals surface area (Å²) in [6.07, 6.45) is 1.70. The van der Waals surface area contributed by atoms with Crippen molar-refractivity contribution in [3.63, 3.8) is 0 Å². The van der Waals surface area contributed by atoms with Crippen molar-refractivity contribution in [2.75, 3.05) is 52.5 Å². The Morgan fingerprint density at radius 3 is 2.30 bits per heavy atom. The van der Waals surface area contributed by atoms with Gasteiger partial charge in [-0.1, -0.05) is 0 Å². The fraction of sp³-hybridized carbons (Fsp3) is 0.650. The zero-order valence-corrected chi connectivity index (χ0v) is 16.1. The number of nitrogens with zero attached hydrogens (tertiary/aromatic N) is 2. The molecule has 1 saturated heterocycles. The number of hydrogen-bond acceptors (Lipinski definition) is 6. The van der Waals surface area contributed by atoms with Crippen molar-refractivity contribution in [3.8, 4) is 11.5 Å². The molecule has 7 nitrogen and oxygen atoms in total. The van der Waals surface area contributed by atoms with E-state index in [4.69, 9.17) is 9.47 Å². The molecule has 1 unspecified atom stereocenters. The standard InChI is InChI=1S/C20H31N3O4/c1-2-26-18-5-7-19(8-6-18)27-15-17(24)13-22-9-11-23(12-10-22)14-20(25)21-16-3-4-16/h5-8,16-17,24H,2-4,9-15H2,1H3,(H,21,25). The molecule has 3 rings (SSSR count). The molecule has 1 aromatic carbocycles. The lowest BCUT2D eigenvalue weighted by Gasteiger charge is -2.35. The topological polar surface area (TPSA) is 74.3 Å². The van der Waals surface area contributed by atoms with E-state index >= 15 is 0 Å². The van der Waals surface area contributed by atoms with E-state index in [0.29, 0.717) is 25.7 Å². The normalized spacial score (nSPS) is 19.5. The van der Waals surface area contributed by atoms with Crippen molar-refractivity contribution in [2.24, 2.45) is 0 Å². The summed E-state index contributed by atoms with van der Waals surface area (Å²) in [7, 11) is 0. The third-order valence-corrected chi connectivity index (χ3v) is 4.82. The Hall–Kier alpha value is -1.83. The SMILES string of the molecule is CCOc1ccc(OCC(O)CN2CCN(CC(=O)NC3CC3)CC2)cc1. The van der Waals surface area contributed by atoms with E-state index in [-0.39, 0.29) is 12.5 Å². The highest BCUT2D eigenvalue weighted by Gasteiger charge is 2.25. The molecular weight excluding hydrogens is 346 g/mol. The summed E-state index contributed by atoms with van der Waals surface area (Å²) >= 11 is 0. The average molecular weight is 377 g/mol. The molecule has 1 aliphatic heterocycles. The largest absolute Gasteiger partial charge is 0.494 e. The van der Waals surface area contributed by atoms with Crippen LogP contribution in [0.1, 0.15) is 19.8 Å². The Morgan fingerprint density at radius 2 is 1.70 bits per heavy atom.